The molecule has 2 N–H and O–H groups in total. The second-order valence-electron chi connectivity index (χ2n) is 4.82. The predicted octanol–water partition coefficient (Wildman–Crippen LogP) is 0.998. The molecule has 1 amide bonds. The number of hydrogen-bond acceptors (Lipinski definition) is 1. The second-order valence-corrected chi connectivity index (χ2v) is 4.82. The van der Waals surface area contributed by atoms with Crippen LogP contribution in [-0.2, 0) is 4.79 Å². The van der Waals surface area contributed by atoms with Gasteiger partial charge in [0.15, 0.2) is 0 Å². The molecule has 0 saturated carbocycles. The summed E-state index contributed by atoms with van der Waals surface area (Å²) < 4.78 is 0. The smallest absolute Gasteiger partial charge is 0.225 e. The molecule has 3 nitrogen and oxygen atoms in total. The van der Waals surface area contributed by atoms with E-state index in [-0.39, 0.29) is 5.91 Å². The van der Waals surface area contributed by atoms with Gasteiger partial charge in [-0.05, 0) is 6.42 Å². The first kappa shape index (κ1) is 15.4. The lowest BCUT2D eigenvalue weighted by Crippen LogP contribution is -3.05. The van der Waals surface area contributed by atoms with Gasteiger partial charge >= 0.3 is 0 Å². The Morgan fingerprint density at radius 2 is 1.69 bits per heavy atom. The molecule has 0 rings (SSSR count). The summed E-state index contributed by atoms with van der Waals surface area (Å²) in [6, 6.07) is 0. The van der Waals surface area contributed by atoms with Crippen molar-refractivity contribution in [1.29, 1.82) is 0 Å². The van der Waals surface area contributed by atoms with Crippen molar-refractivity contribution in [3.8, 4) is 0 Å². The maximum Gasteiger partial charge on any atom is 0.225 e. The van der Waals surface area contributed by atoms with Crippen LogP contribution >= 0.6 is 0 Å². The fourth-order valence-corrected chi connectivity index (χ4v) is 1.59. The molecule has 0 radical (unpaired) electrons. The highest BCUT2D eigenvalue weighted by Crippen LogP contribution is 2.03. The molecular formula is C13H29N2O+. The molecule has 16 heavy (non-hydrogen) atoms. The first-order valence-electron chi connectivity index (χ1n) is 6.72. The van der Waals surface area contributed by atoms with Crippen LogP contribution in [0.5, 0.6) is 0 Å². The van der Waals surface area contributed by atoms with Crippen molar-refractivity contribution in [2.75, 3.05) is 27.2 Å². The summed E-state index contributed by atoms with van der Waals surface area (Å²) in [5.41, 5.74) is 0. The summed E-state index contributed by atoms with van der Waals surface area (Å²) in [6.07, 6.45) is 8.32. The van der Waals surface area contributed by atoms with Gasteiger partial charge in [0, 0.05) is 6.54 Å². The Bertz CT molecular complexity index is 169. The van der Waals surface area contributed by atoms with E-state index in [1.165, 1.54) is 37.0 Å². The van der Waals surface area contributed by atoms with Crippen molar-refractivity contribution in [2.45, 2.75) is 51.9 Å². The minimum atomic E-state index is 0.203. The number of unbranched alkanes of at least 4 members (excludes halogenated alkanes) is 5. The molecule has 0 aliphatic carbocycles. The zero-order chi connectivity index (χ0) is 12.2. The van der Waals surface area contributed by atoms with Gasteiger partial charge in [-0.25, -0.2) is 0 Å². The Hall–Kier alpha value is -0.570. The van der Waals surface area contributed by atoms with Crippen LogP contribution < -0.4 is 10.2 Å². The van der Waals surface area contributed by atoms with E-state index in [2.05, 4.69) is 26.3 Å². The van der Waals surface area contributed by atoms with Gasteiger partial charge in [0.25, 0.3) is 0 Å². The lowest BCUT2D eigenvalue weighted by molar-refractivity contribution is -0.857. The van der Waals surface area contributed by atoms with Crippen LogP contribution in [0.1, 0.15) is 51.9 Å². The molecule has 0 unspecified atom stereocenters. The van der Waals surface area contributed by atoms with Crippen LogP contribution in [0.4, 0.5) is 0 Å². The van der Waals surface area contributed by atoms with Crippen LogP contribution in [0.25, 0.3) is 0 Å². The number of carbonyl (C=O) groups is 1. The molecule has 0 aliphatic rings. The number of carbonyl (C=O) groups excluding carboxylic acids is 1. The second kappa shape index (κ2) is 10.9. The largest absolute Gasteiger partial charge is 0.356 e. The Kier molecular flexibility index (Phi) is 10.5. The minimum Gasteiger partial charge on any atom is -0.356 e. The van der Waals surface area contributed by atoms with Crippen LogP contribution in [0, 0.1) is 0 Å². The van der Waals surface area contributed by atoms with Gasteiger partial charge in [-0.15, -0.1) is 0 Å². The van der Waals surface area contributed by atoms with E-state index >= 15 is 0 Å². The molecule has 0 aromatic heterocycles. The van der Waals surface area contributed by atoms with E-state index in [1.807, 2.05) is 0 Å². The van der Waals surface area contributed by atoms with Gasteiger partial charge in [-0.3, -0.25) is 4.79 Å². The third-order valence-electron chi connectivity index (χ3n) is 2.70. The Morgan fingerprint density at radius 3 is 2.31 bits per heavy atom. The van der Waals surface area contributed by atoms with Gasteiger partial charge in [0.1, 0.15) is 0 Å². The monoisotopic (exact) mass is 229 g/mol. The average molecular weight is 229 g/mol. The normalized spacial score (nSPS) is 10.8. The van der Waals surface area contributed by atoms with Crippen molar-refractivity contribution >= 4 is 5.91 Å². The van der Waals surface area contributed by atoms with E-state index < -0.39 is 0 Å². The highest BCUT2D eigenvalue weighted by molar-refractivity contribution is 5.75. The average Bonchev–Trinajstić information content (AvgIpc) is 2.25. The number of nitrogens with one attached hydrogen (secondary N) is 2. The molecule has 0 aromatic rings. The number of quaternary nitrogens is 1. The first-order chi connectivity index (χ1) is 7.66. The van der Waals surface area contributed by atoms with E-state index in [0.717, 1.165) is 19.5 Å². The number of amides is 1. The van der Waals surface area contributed by atoms with E-state index in [9.17, 15) is 4.79 Å². The molecule has 0 saturated heterocycles. The highest BCUT2D eigenvalue weighted by atomic mass is 16.1. The van der Waals surface area contributed by atoms with Crippen LogP contribution in [0.3, 0.4) is 0 Å². The van der Waals surface area contributed by atoms with Gasteiger partial charge in [-0.2, -0.15) is 0 Å². The molecule has 96 valence electrons. The van der Waals surface area contributed by atoms with Crippen molar-refractivity contribution in [3.05, 3.63) is 0 Å². The third-order valence-corrected chi connectivity index (χ3v) is 2.70. The van der Waals surface area contributed by atoms with Crippen LogP contribution in [0.2, 0.25) is 0 Å². The zero-order valence-corrected chi connectivity index (χ0v) is 11.3. The predicted molar refractivity (Wildman–Crippen MR) is 68.7 cm³/mol. The molecular weight excluding hydrogens is 200 g/mol. The lowest BCUT2D eigenvalue weighted by atomic mass is 10.1. The quantitative estimate of drug-likeness (QED) is 0.538. The molecule has 0 aliphatic heterocycles. The first-order valence-corrected chi connectivity index (χ1v) is 6.72. The third kappa shape index (κ3) is 11.5. The molecule has 0 fully saturated rings. The van der Waals surface area contributed by atoms with E-state index in [4.69, 9.17) is 0 Å². The van der Waals surface area contributed by atoms with Gasteiger partial charge < -0.3 is 10.2 Å². The summed E-state index contributed by atoms with van der Waals surface area (Å²) in [4.78, 5) is 12.7. The van der Waals surface area contributed by atoms with Gasteiger partial charge in [0.05, 0.1) is 27.1 Å². The van der Waals surface area contributed by atoms with Crippen LogP contribution in [0.15, 0.2) is 0 Å². The number of rotatable bonds is 10. The van der Waals surface area contributed by atoms with Crippen molar-refractivity contribution in [1.82, 2.24) is 5.32 Å². The SMILES string of the molecule is CCCCCCCCNC(=O)CC[NH+](C)C. The standard InChI is InChI=1S/C13H28N2O/c1-4-5-6-7-8-9-11-14-13(16)10-12-15(2)3/h4-12H2,1-3H3,(H,14,16)/p+1. The Balaban J connectivity index is 3.15. The highest BCUT2D eigenvalue weighted by Gasteiger charge is 2.02. The summed E-state index contributed by atoms with van der Waals surface area (Å²) in [6.45, 7) is 4.00. The Morgan fingerprint density at radius 1 is 1.06 bits per heavy atom. The molecule has 0 atom stereocenters. The van der Waals surface area contributed by atoms with Gasteiger partial charge in [0.2, 0.25) is 5.91 Å². The fraction of sp³-hybridized carbons (Fsp3) is 0.923. The van der Waals surface area contributed by atoms with E-state index in [1.54, 1.807) is 0 Å². The summed E-state index contributed by atoms with van der Waals surface area (Å²) in [7, 11) is 4.14. The summed E-state index contributed by atoms with van der Waals surface area (Å²) in [5, 5.41) is 2.98. The fourth-order valence-electron chi connectivity index (χ4n) is 1.59. The summed E-state index contributed by atoms with van der Waals surface area (Å²) >= 11 is 0. The molecule has 3 heteroatoms. The number of hydrogen-bond donors (Lipinski definition) is 2. The lowest BCUT2D eigenvalue weighted by Gasteiger charge is -2.07. The molecule has 0 spiro atoms. The zero-order valence-electron chi connectivity index (χ0n) is 11.3. The molecule has 0 heterocycles. The van der Waals surface area contributed by atoms with Crippen molar-refractivity contribution in [2.24, 2.45) is 0 Å². The molecule has 0 aromatic carbocycles. The van der Waals surface area contributed by atoms with Crippen molar-refractivity contribution in [3.63, 3.8) is 0 Å². The van der Waals surface area contributed by atoms with Crippen molar-refractivity contribution < 1.29 is 9.69 Å². The van der Waals surface area contributed by atoms with Crippen LogP contribution in [-0.4, -0.2) is 33.1 Å². The van der Waals surface area contributed by atoms with Gasteiger partial charge in [-0.1, -0.05) is 39.0 Å². The van der Waals surface area contributed by atoms with E-state index in [0.29, 0.717) is 6.42 Å². The Labute approximate surface area is 101 Å². The maximum absolute atomic E-state index is 11.4. The topological polar surface area (TPSA) is 33.5 Å². The maximum atomic E-state index is 11.4. The molecule has 0 bridgehead atoms. The summed E-state index contributed by atoms with van der Waals surface area (Å²) in [5.74, 6) is 0.203. The minimum absolute atomic E-state index is 0.203.